The summed E-state index contributed by atoms with van der Waals surface area (Å²) in [5, 5.41) is 18.1. The fourth-order valence-corrected chi connectivity index (χ4v) is 3.37. The molecule has 26 heavy (non-hydrogen) atoms. The van der Waals surface area contributed by atoms with Gasteiger partial charge in [-0.1, -0.05) is 0 Å². The molecule has 2 aromatic heterocycles. The van der Waals surface area contributed by atoms with Crippen LogP contribution in [0, 0.1) is 24.0 Å². The van der Waals surface area contributed by atoms with Crippen LogP contribution < -0.4 is 10.6 Å². The van der Waals surface area contributed by atoms with E-state index in [1.807, 2.05) is 13.8 Å². The Labute approximate surface area is 154 Å². The molecule has 3 rings (SSSR count). The summed E-state index contributed by atoms with van der Waals surface area (Å²) in [5.74, 6) is 0.332. The number of thiazole rings is 1. The van der Waals surface area contributed by atoms with Gasteiger partial charge in [-0.25, -0.2) is 15.0 Å². The number of nitrogens with zero attached hydrogens (tertiary/aromatic N) is 5. The maximum Gasteiger partial charge on any atom is 0.353 e. The number of aromatic nitrogens is 3. The zero-order chi connectivity index (χ0) is 18.5. The average molecular weight is 379 g/mol. The summed E-state index contributed by atoms with van der Waals surface area (Å²) in [7, 11) is 0. The second-order valence-corrected chi connectivity index (χ2v) is 7.05. The van der Waals surface area contributed by atoms with Crippen LogP contribution in [0.3, 0.4) is 0 Å². The predicted octanol–water partition coefficient (Wildman–Crippen LogP) is 1.95. The molecule has 0 radical (unpaired) electrons. The predicted molar refractivity (Wildman–Crippen MR) is 99.3 cm³/mol. The molecule has 0 aromatic carbocycles. The number of morpholine rings is 1. The molecule has 1 fully saturated rings. The van der Waals surface area contributed by atoms with Crippen LogP contribution in [0.25, 0.3) is 0 Å². The summed E-state index contributed by atoms with van der Waals surface area (Å²) < 4.78 is 5.31. The Morgan fingerprint density at radius 1 is 1.31 bits per heavy atom. The second kappa shape index (κ2) is 8.34. The summed E-state index contributed by atoms with van der Waals surface area (Å²) in [4.78, 5) is 26.8. The van der Waals surface area contributed by atoms with Crippen LogP contribution >= 0.6 is 11.3 Å². The summed E-state index contributed by atoms with van der Waals surface area (Å²) in [6.07, 6.45) is 1.31. The first-order chi connectivity index (χ1) is 12.5. The van der Waals surface area contributed by atoms with Crippen molar-refractivity contribution in [2.75, 3.05) is 50.0 Å². The van der Waals surface area contributed by atoms with Gasteiger partial charge in [0, 0.05) is 31.1 Å². The van der Waals surface area contributed by atoms with Crippen LogP contribution in [0.4, 0.5) is 22.5 Å². The van der Waals surface area contributed by atoms with Crippen LogP contribution in [0.15, 0.2) is 6.33 Å². The third-order valence-electron chi connectivity index (χ3n) is 4.08. The van der Waals surface area contributed by atoms with Gasteiger partial charge in [-0.15, -0.1) is 11.3 Å². The molecule has 11 heteroatoms. The number of aryl methyl sites for hydroxylation is 2. The van der Waals surface area contributed by atoms with Crippen LogP contribution in [0.1, 0.15) is 10.6 Å². The second-order valence-electron chi connectivity index (χ2n) is 5.84. The monoisotopic (exact) mass is 379 g/mol. The maximum absolute atomic E-state index is 11.6. The van der Waals surface area contributed by atoms with Gasteiger partial charge in [0.05, 0.1) is 23.8 Å². The third-order valence-corrected chi connectivity index (χ3v) is 5.07. The Bertz CT molecular complexity index is 757. The van der Waals surface area contributed by atoms with Crippen LogP contribution in [-0.2, 0) is 4.74 Å². The van der Waals surface area contributed by atoms with Gasteiger partial charge >= 0.3 is 5.69 Å². The van der Waals surface area contributed by atoms with E-state index >= 15 is 0 Å². The van der Waals surface area contributed by atoms with Gasteiger partial charge in [-0.05, 0) is 13.8 Å². The molecule has 0 amide bonds. The minimum atomic E-state index is -0.479. The summed E-state index contributed by atoms with van der Waals surface area (Å²) >= 11 is 1.43. The van der Waals surface area contributed by atoms with Gasteiger partial charge < -0.3 is 15.4 Å². The molecule has 0 aliphatic carbocycles. The number of rotatable bonds is 7. The average Bonchev–Trinajstić information content (AvgIpc) is 2.93. The van der Waals surface area contributed by atoms with Crippen LogP contribution in [0.2, 0.25) is 0 Å². The minimum Gasteiger partial charge on any atom is -0.379 e. The quantitative estimate of drug-likeness (QED) is 0.549. The lowest BCUT2D eigenvalue weighted by atomic mass is 10.4. The van der Waals surface area contributed by atoms with E-state index in [1.54, 1.807) is 0 Å². The number of nitrogens with one attached hydrogen (secondary N) is 2. The lowest BCUT2D eigenvalue weighted by Crippen LogP contribution is -2.39. The number of anilines is 3. The Balaban J connectivity index is 1.71. The van der Waals surface area contributed by atoms with Crippen molar-refractivity contribution in [3.05, 3.63) is 27.0 Å². The summed E-state index contributed by atoms with van der Waals surface area (Å²) in [5.41, 5.74) is 0.707. The van der Waals surface area contributed by atoms with E-state index in [1.165, 1.54) is 17.7 Å². The molecule has 1 saturated heterocycles. The fourth-order valence-electron chi connectivity index (χ4n) is 2.56. The Morgan fingerprint density at radius 2 is 2.04 bits per heavy atom. The van der Waals surface area contributed by atoms with Crippen molar-refractivity contribution >= 4 is 33.8 Å². The van der Waals surface area contributed by atoms with E-state index in [4.69, 9.17) is 4.74 Å². The minimum absolute atomic E-state index is 0.132. The molecule has 1 aliphatic heterocycles. The highest BCUT2D eigenvalue weighted by Crippen LogP contribution is 2.32. The number of hydrogen-bond donors (Lipinski definition) is 2. The number of nitro groups is 1. The van der Waals surface area contributed by atoms with Crippen molar-refractivity contribution in [1.82, 2.24) is 19.9 Å². The molecule has 2 N–H and O–H groups in total. The molecule has 140 valence electrons. The molecule has 0 spiro atoms. The van der Waals surface area contributed by atoms with E-state index in [-0.39, 0.29) is 17.3 Å². The van der Waals surface area contributed by atoms with E-state index in [0.29, 0.717) is 24.9 Å². The topological polar surface area (TPSA) is 118 Å². The van der Waals surface area contributed by atoms with Crippen molar-refractivity contribution < 1.29 is 9.66 Å². The first-order valence-corrected chi connectivity index (χ1v) is 9.10. The van der Waals surface area contributed by atoms with Gasteiger partial charge in [0.15, 0.2) is 5.13 Å². The zero-order valence-electron chi connectivity index (χ0n) is 14.7. The SMILES string of the molecule is Cc1nc(Nc2ncnc(NCCN3CCOCC3)c2[N+](=O)[O-])sc1C. The smallest absolute Gasteiger partial charge is 0.353 e. The van der Waals surface area contributed by atoms with Crippen LogP contribution in [-0.4, -0.2) is 64.2 Å². The molecular formula is C15H21N7O3S. The molecular weight excluding hydrogens is 358 g/mol. The van der Waals surface area contributed by atoms with Gasteiger partial charge in [0.25, 0.3) is 0 Å². The normalized spacial score (nSPS) is 15.0. The first kappa shape index (κ1) is 18.4. The molecule has 0 bridgehead atoms. The number of ether oxygens (including phenoxy) is 1. The van der Waals surface area contributed by atoms with E-state index in [2.05, 4.69) is 30.5 Å². The molecule has 0 saturated carbocycles. The van der Waals surface area contributed by atoms with Crippen molar-refractivity contribution in [2.24, 2.45) is 0 Å². The molecule has 2 aromatic rings. The van der Waals surface area contributed by atoms with E-state index < -0.39 is 4.92 Å². The Kier molecular flexibility index (Phi) is 5.91. The highest BCUT2D eigenvalue weighted by molar-refractivity contribution is 7.15. The van der Waals surface area contributed by atoms with Crippen molar-refractivity contribution in [1.29, 1.82) is 0 Å². The third kappa shape index (κ3) is 4.42. The fraction of sp³-hybridized carbons (Fsp3) is 0.533. The molecule has 3 heterocycles. The maximum atomic E-state index is 11.6. The Hall–Kier alpha value is -2.37. The first-order valence-electron chi connectivity index (χ1n) is 8.29. The van der Waals surface area contributed by atoms with Crippen LogP contribution in [0.5, 0.6) is 0 Å². The standard InChI is InChI=1S/C15H21N7O3S/c1-10-11(2)26-15(19-10)20-14-12(22(23)24)13(17-9-18-14)16-3-4-21-5-7-25-8-6-21/h9H,3-8H2,1-2H3,(H2,16,17,18,19,20). The largest absolute Gasteiger partial charge is 0.379 e. The Morgan fingerprint density at radius 3 is 2.69 bits per heavy atom. The van der Waals surface area contributed by atoms with Crippen molar-refractivity contribution in [2.45, 2.75) is 13.8 Å². The molecule has 0 unspecified atom stereocenters. The van der Waals surface area contributed by atoms with Crippen molar-refractivity contribution in [3.63, 3.8) is 0 Å². The number of hydrogen-bond acceptors (Lipinski definition) is 10. The van der Waals surface area contributed by atoms with Gasteiger partial charge in [0.1, 0.15) is 6.33 Å². The van der Waals surface area contributed by atoms with Gasteiger partial charge in [-0.2, -0.15) is 0 Å². The highest BCUT2D eigenvalue weighted by Gasteiger charge is 2.24. The summed E-state index contributed by atoms with van der Waals surface area (Å²) in [6, 6.07) is 0. The van der Waals surface area contributed by atoms with E-state index in [0.717, 1.165) is 30.2 Å². The lowest BCUT2D eigenvalue weighted by Gasteiger charge is -2.26. The molecule has 0 atom stereocenters. The molecule has 10 nitrogen and oxygen atoms in total. The van der Waals surface area contributed by atoms with E-state index in [9.17, 15) is 10.1 Å². The van der Waals surface area contributed by atoms with Gasteiger partial charge in [0.2, 0.25) is 11.6 Å². The lowest BCUT2D eigenvalue weighted by molar-refractivity contribution is -0.383. The summed E-state index contributed by atoms with van der Waals surface area (Å²) in [6.45, 7) is 8.31. The highest BCUT2D eigenvalue weighted by atomic mass is 32.1. The molecule has 1 aliphatic rings. The van der Waals surface area contributed by atoms with Crippen molar-refractivity contribution in [3.8, 4) is 0 Å². The van der Waals surface area contributed by atoms with Gasteiger partial charge in [-0.3, -0.25) is 15.0 Å². The zero-order valence-corrected chi connectivity index (χ0v) is 15.5.